The van der Waals surface area contributed by atoms with Gasteiger partial charge >= 0.3 is 6.03 Å². The van der Waals surface area contributed by atoms with Crippen LogP contribution >= 0.6 is 12.2 Å². The molecule has 1 saturated carbocycles. The summed E-state index contributed by atoms with van der Waals surface area (Å²) in [5.74, 6) is 0.734. The van der Waals surface area contributed by atoms with E-state index in [2.05, 4.69) is 12.2 Å². The number of hydrogen-bond donors (Lipinski definition) is 2. The molecule has 20 heavy (non-hydrogen) atoms. The van der Waals surface area contributed by atoms with E-state index in [1.54, 1.807) is 4.90 Å². The van der Waals surface area contributed by atoms with Gasteiger partial charge in [0.15, 0.2) is 0 Å². The lowest BCUT2D eigenvalue weighted by Gasteiger charge is -2.41. The Kier molecular flexibility index (Phi) is 5.21. The predicted molar refractivity (Wildman–Crippen MR) is 82.7 cm³/mol. The van der Waals surface area contributed by atoms with E-state index in [9.17, 15) is 4.79 Å². The Morgan fingerprint density at radius 1 is 1.40 bits per heavy atom. The minimum absolute atomic E-state index is 0.0592. The van der Waals surface area contributed by atoms with E-state index in [0.717, 1.165) is 31.6 Å². The molecule has 2 aliphatic rings. The number of nitrogens with two attached hydrogens (primary N) is 1. The molecule has 1 aliphatic carbocycles. The highest BCUT2D eigenvalue weighted by Gasteiger charge is 2.39. The van der Waals surface area contributed by atoms with Gasteiger partial charge in [-0.2, -0.15) is 0 Å². The highest BCUT2D eigenvalue weighted by molar-refractivity contribution is 7.80. The molecular weight excluding hydrogens is 274 g/mol. The third-order valence-electron chi connectivity index (χ3n) is 4.65. The summed E-state index contributed by atoms with van der Waals surface area (Å²) >= 11 is 5.24. The average Bonchev–Trinajstić information content (AvgIpc) is 2.48. The lowest BCUT2D eigenvalue weighted by atomic mass is 9.75. The number of carbonyl (C=O) groups is 1. The first-order valence-electron chi connectivity index (χ1n) is 7.52. The first-order valence-corrected chi connectivity index (χ1v) is 7.93. The largest absolute Gasteiger partial charge is 0.391 e. The average molecular weight is 299 g/mol. The molecule has 0 aromatic heterocycles. The molecule has 0 bridgehead atoms. The first-order chi connectivity index (χ1) is 9.57. The Bertz CT molecular complexity index is 361. The number of hydrogen-bond acceptors (Lipinski definition) is 3. The fourth-order valence-electron chi connectivity index (χ4n) is 3.06. The number of carbonyl (C=O) groups excluding carboxylic acids is 1. The van der Waals surface area contributed by atoms with E-state index in [4.69, 9.17) is 22.7 Å². The standard InChI is InChI=1S/C14H25N3O2S/c1-2-11-3-5-14(6-4-11,12(15)20)16-13(18)17-7-9-19-10-8-17/h11H,2-10H2,1H3,(H2,15,20)(H,16,18). The van der Waals surface area contributed by atoms with Gasteiger partial charge in [-0.25, -0.2) is 4.79 Å². The maximum Gasteiger partial charge on any atom is 0.318 e. The van der Waals surface area contributed by atoms with Crippen molar-refractivity contribution in [1.29, 1.82) is 0 Å². The van der Waals surface area contributed by atoms with Gasteiger partial charge < -0.3 is 20.7 Å². The van der Waals surface area contributed by atoms with Gasteiger partial charge in [0, 0.05) is 13.1 Å². The molecule has 0 atom stereocenters. The van der Waals surface area contributed by atoms with Gasteiger partial charge in [-0.15, -0.1) is 0 Å². The van der Waals surface area contributed by atoms with Gasteiger partial charge in [-0.1, -0.05) is 25.6 Å². The second kappa shape index (κ2) is 6.72. The van der Waals surface area contributed by atoms with Crippen LogP contribution in [0.25, 0.3) is 0 Å². The normalized spacial score (nSPS) is 30.9. The molecule has 1 heterocycles. The first kappa shape index (κ1) is 15.5. The molecule has 3 N–H and O–H groups in total. The fourth-order valence-corrected chi connectivity index (χ4v) is 3.32. The van der Waals surface area contributed by atoms with Crippen LogP contribution in [-0.2, 0) is 4.74 Å². The molecule has 114 valence electrons. The highest BCUT2D eigenvalue weighted by Crippen LogP contribution is 2.34. The lowest BCUT2D eigenvalue weighted by Crippen LogP contribution is -2.61. The second-order valence-electron chi connectivity index (χ2n) is 5.83. The lowest BCUT2D eigenvalue weighted by molar-refractivity contribution is 0.0510. The van der Waals surface area contributed by atoms with E-state index >= 15 is 0 Å². The maximum atomic E-state index is 12.4. The summed E-state index contributed by atoms with van der Waals surface area (Å²) in [6.07, 6.45) is 5.06. The minimum Gasteiger partial charge on any atom is -0.391 e. The third-order valence-corrected chi connectivity index (χ3v) is 5.04. The number of nitrogens with one attached hydrogen (secondary N) is 1. The Hall–Kier alpha value is -0.880. The van der Waals surface area contributed by atoms with Gasteiger partial charge in [-0.05, 0) is 31.6 Å². The van der Waals surface area contributed by atoms with Gasteiger partial charge in [0.1, 0.15) is 0 Å². The molecule has 0 radical (unpaired) electrons. The number of thiocarbonyl (C=S) groups is 1. The summed E-state index contributed by atoms with van der Waals surface area (Å²) in [6, 6.07) is -0.0592. The number of rotatable bonds is 3. The van der Waals surface area contributed by atoms with E-state index in [1.807, 2.05) is 0 Å². The van der Waals surface area contributed by atoms with E-state index < -0.39 is 5.54 Å². The van der Waals surface area contributed by atoms with Gasteiger partial charge in [0.25, 0.3) is 0 Å². The van der Waals surface area contributed by atoms with Crippen molar-refractivity contribution in [2.45, 2.75) is 44.6 Å². The second-order valence-corrected chi connectivity index (χ2v) is 6.27. The summed E-state index contributed by atoms with van der Waals surface area (Å²) in [6.45, 7) is 4.69. The van der Waals surface area contributed by atoms with Crippen molar-refractivity contribution in [3.05, 3.63) is 0 Å². The number of nitrogens with zero attached hydrogens (tertiary/aromatic N) is 1. The molecule has 2 rings (SSSR count). The summed E-state index contributed by atoms with van der Waals surface area (Å²) in [4.78, 5) is 14.6. The molecule has 0 aromatic rings. The summed E-state index contributed by atoms with van der Waals surface area (Å²) in [5.41, 5.74) is 5.45. The summed E-state index contributed by atoms with van der Waals surface area (Å²) in [7, 11) is 0. The van der Waals surface area contributed by atoms with E-state index in [0.29, 0.717) is 31.3 Å². The predicted octanol–water partition coefficient (Wildman–Crippen LogP) is 1.65. The highest BCUT2D eigenvalue weighted by atomic mass is 32.1. The topological polar surface area (TPSA) is 67.6 Å². The zero-order valence-electron chi connectivity index (χ0n) is 12.2. The Balaban J connectivity index is 1.98. The molecule has 0 unspecified atom stereocenters. The summed E-state index contributed by atoms with van der Waals surface area (Å²) in [5, 5.41) is 3.11. The van der Waals surface area contributed by atoms with Crippen LogP contribution in [0, 0.1) is 5.92 Å². The quantitative estimate of drug-likeness (QED) is 0.778. The Labute approximate surface area is 126 Å². The minimum atomic E-state index is -0.490. The zero-order chi connectivity index (χ0) is 14.6. The fraction of sp³-hybridized carbons (Fsp3) is 0.857. The molecule has 1 saturated heterocycles. The molecule has 2 amide bonds. The molecule has 0 aromatic carbocycles. The molecule has 1 aliphatic heterocycles. The van der Waals surface area contributed by atoms with Crippen molar-refractivity contribution in [2.24, 2.45) is 11.7 Å². The number of amides is 2. The summed E-state index contributed by atoms with van der Waals surface area (Å²) < 4.78 is 5.27. The third kappa shape index (κ3) is 3.41. The van der Waals surface area contributed by atoms with Crippen LogP contribution in [0.15, 0.2) is 0 Å². The molecule has 2 fully saturated rings. The van der Waals surface area contributed by atoms with Crippen LogP contribution in [0.2, 0.25) is 0 Å². The smallest absolute Gasteiger partial charge is 0.318 e. The van der Waals surface area contributed by atoms with Gasteiger partial charge in [0.2, 0.25) is 0 Å². The maximum absolute atomic E-state index is 12.4. The van der Waals surface area contributed by atoms with E-state index in [-0.39, 0.29) is 6.03 Å². The van der Waals surface area contributed by atoms with Crippen molar-refractivity contribution in [1.82, 2.24) is 10.2 Å². The van der Waals surface area contributed by atoms with Crippen molar-refractivity contribution in [3.8, 4) is 0 Å². The number of morpholine rings is 1. The number of urea groups is 1. The van der Waals surface area contributed by atoms with Crippen molar-refractivity contribution in [3.63, 3.8) is 0 Å². The molecule has 5 nitrogen and oxygen atoms in total. The Morgan fingerprint density at radius 3 is 2.50 bits per heavy atom. The molecule has 6 heteroatoms. The van der Waals surface area contributed by atoms with Crippen LogP contribution in [-0.4, -0.2) is 47.8 Å². The van der Waals surface area contributed by atoms with E-state index in [1.165, 1.54) is 6.42 Å². The van der Waals surface area contributed by atoms with Crippen LogP contribution in [0.1, 0.15) is 39.0 Å². The van der Waals surface area contributed by atoms with Crippen molar-refractivity contribution >= 4 is 23.2 Å². The van der Waals surface area contributed by atoms with Crippen LogP contribution < -0.4 is 11.1 Å². The van der Waals surface area contributed by atoms with Gasteiger partial charge in [0.05, 0.1) is 23.7 Å². The zero-order valence-corrected chi connectivity index (χ0v) is 13.0. The monoisotopic (exact) mass is 299 g/mol. The van der Waals surface area contributed by atoms with Gasteiger partial charge in [-0.3, -0.25) is 0 Å². The van der Waals surface area contributed by atoms with Crippen molar-refractivity contribution < 1.29 is 9.53 Å². The van der Waals surface area contributed by atoms with Crippen LogP contribution in [0.3, 0.4) is 0 Å². The van der Waals surface area contributed by atoms with Crippen LogP contribution in [0.5, 0.6) is 0 Å². The number of ether oxygens (including phenoxy) is 1. The van der Waals surface area contributed by atoms with Crippen molar-refractivity contribution in [2.75, 3.05) is 26.3 Å². The van der Waals surface area contributed by atoms with Crippen LogP contribution in [0.4, 0.5) is 4.79 Å². The SMILES string of the molecule is CCC1CCC(NC(=O)N2CCOCC2)(C(N)=S)CC1. The molecular formula is C14H25N3O2S. The molecule has 0 spiro atoms. The Morgan fingerprint density at radius 2 is 2.00 bits per heavy atom.